The molecule has 98 valence electrons. The lowest BCUT2D eigenvalue weighted by Gasteiger charge is -2.12. The van der Waals surface area contributed by atoms with E-state index in [2.05, 4.69) is 0 Å². The Hall–Kier alpha value is -1.96. The molecule has 0 aliphatic carbocycles. The Bertz CT molecular complexity index is 521. The van der Waals surface area contributed by atoms with E-state index in [9.17, 15) is 18.2 Å². The minimum absolute atomic E-state index is 0.00196. The average molecular weight is 273 g/mol. The zero-order chi connectivity index (χ0) is 13.9. The summed E-state index contributed by atoms with van der Waals surface area (Å²) in [5.74, 6) is -1.43. The second-order valence-electron chi connectivity index (χ2n) is 3.48. The summed E-state index contributed by atoms with van der Waals surface area (Å²) < 4.78 is 25.0. The molecule has 2 atom stereocenters. The standard InChI is InChI=1S/C10H12FN3O3S/c1-5(9(15)14-10(13)16)18(17)8-4-6(11)2-3-7(8)12/h2-5H,12H2,1H3,(H3,13,14,15,16). The lowest BCUT2D eigenvalue weighted by atomic mass is 10.3. The van der Waals surface area contributed by atoms with Crippen molar-refractivity contribution in [3.63, 3.8) is 0 Å². The summed E-state index contributed by atoms with van der Waals surface area (Å²) in [7, 11) is -1.88. The van der Waals surface area contributed by atoms with Crippen molar-refractivity contribution in [1.29, 1.82) is 0 Å². The Morgan fingerprint density at radius 2 is 2.06 bits per heavy atom. The van der Waals surface area contributed by atoms with Crippen molar-refractivity contribution in [2.24, 2.45) is 5.73 Å². The van der Waals surface area contributed by atoms with E-state index in [0.29, 0.717) is 0 Å². The number of halogens is 1. The van der Waals surface area contributed by atoms with E-state index in [4.69, 9.17) is 11.5 Å². The number of primary amides is 1. The van der Waals surface area contributed by atoms with Crippen LogP contribution in [-0.2, 0) is 15.6 Å². The van der Waals surface area contributed by atoms with E-state index < -0.39 is 33.8 Å². The van der Waals surface area contributed by atoms with Crippen LogP contribution in [0.3, 0.4) is 0 Å². The predicted molar refractivity (Wildman–Crippen MR) is 64.4 cm³/mol. The first-order valence-electron chi connectivity index (χ1n) is 4.89. The molecule has 6 nitrogen and oxygen atoms in total. The van der Waals surface area contributed by atoms with E-state index in [1.54, 1.807) is 5.32 Å². The third-order valence-corrected chi connectivity index (χ3v) is 3.77. The minimum Gasteiger partial charge on any atom is -0.398 e. The SMILES string of the molecule is CC(C(=O)NC(N)=O)S(=O)c1cc(F)ccc1N. The van der Waals surface area contributed by atoms with Crippen molar-refractivity contribution in [2.75, 3.05) is 5.73 Å². The van der Waals surface area contributed by atoms with Crippen LogP contribution in [0.15, 0.2) is 23.1 Å². The summed E-state index contributed by atoms with van der Waals surface area (Å²) in [4.78, 5) is 21.9. The number of urea groups is 1. The van der Waals surface area contributed by atoms with Gasteiger partial charge >= 0.3 is 6.03 Å². The van der Waals surface area contributed by atoms with Crippen molar-refractivity contribution in [1.82, 2.24) is 5.32 Å². The third kappa shape index (κ3) is 3.27. The molecule has 0 radical (unpaired) electrons. The number of carbonyl (C=O) groups excluding carboxylic acids is 2. The molecule has 3 amide bonds. The van der Waals surface area contributed by atoms with Crippen LogP contribution in [0, 0.1) is 5.82 Å². The zero-order valence-corrected chi connectivity index (χ0v) is 10.3. The number of nitrogens with two attached hydrogens (primary N) is 2. The van der Waals surface area contributed by atoms with Gasteiger partial charge in [-0.15, -0.1) is 0 Å². The Morgan fingerprint density at radius 3 is 2.61 bits per heavy atom. The number of benzene rings is 1. The number of carbonyl (C=O) groups is 2. The first kappa shape index (κ1) is 14.1. The Morgan fingerprint density at radius 1 is 1.44 bits per heavy atom. The largest absolute Gasteiger partial charge is 0.398 e. The number of amides is 3. The maximum absolute atomic E-state index is 13.0. The van der Waals surface area contributed by atoms with Gasteiger partial charge in [-0.25, -0.2) is 9.18 Å². The summed E-state index contributed by atoms with van der Waals surface area (Å²) in [6.45, 7) is 1.32. The fourth-order valence-corrected chi connectivity index (χ4v) is 2.36. The third-order valence-electron chi connectivity index (χ3n) is 2.13. The molecule has 0 heterocycles. The van der Waals surface area contributed by atoms with Gasteiger partial charge in [0.15, 0.2) is 0 Å². The Labute approximate surface area is 105 Å². The topological polar surface area (TPSA) is 115 Å². The van der Waals surface area contributed by atoms with Crippen molar-refractivity contribution < 1.29 is 18.2 Å². The highest BCUT2D eigenvalue weighted by Crippen LogP contribution is 2.20. The Kier molecular flexibility index (Phi) is 4.38. The molecule has 8 heteroatoms. The number of hydrogen-bond acceptors (Lipinski definition) is 4. The van der Waals surface area contributed by atoms with Crippen molar-refractivity contribution >= 4 is 28.4 Å². The highest BCUT2D eigenvalue weighted by molar-refractivity contribution is 7.86. The van der Waals surface area contributed by atoms with Crippen molar-refractivity contribution in [3.8, 4) is 0 Å². The van der Waals surface area contributed by atoms with Gasteiger partial charge in [0.1, 0.15) is 11.1 Å². The highest BCUT2D eigenvalue weighted by Gasteiger charge is 2.24. The van der Waals surface area contributed by atoms with E-state index in [0.717, 1.165) is 12.1 Å². The monoisotopic (exact) mass is 273 g/mol. The maximum atomic E-state index is 13.0. The van der Waals surface area contributed by atoms with Gasteiger partial charge in [0.2, 0.25) is 5.91 Å². The van der Waals surface area contributed by atoms with E-state index >= 15 is 0 Å². The molecule has 0 fully saturated rings. The van der Waals surface area contributed by atoms with Crippen molar-refractivity contribution in [2.45, 2.75) is 17.1 Å². The summed E-state index contributed by atoms with van der Waals surface area (Å²) in [5.41, 5.74) is 10.4. The normalized spacial score (nSPS) is 13.7. The second kappa shape index (κ2) is 5.58. The second-order valence-corrected chi connectivity index (χ2v) is 5.22. The molecule has 18 heavy (non-hydrogen) atoms. The minimum atomic E-state index is -1.88. The van der Waals surface area contributed by atoms with Crippen LogP contribution in [0.25, 0.3) is 0 Å². The van der Waals surface area contributed by atoms with Crippen LogP contribution in [0.2, 0.25) is 0 Å². The van der Waals surface area contributed by atoms with Crippen LogP contribution in [0.5, 0.6) is 0 Å². The number of nitrogens with one attached hydrogen (secondary N) is 1. The molecule has 1 aromatic carbocycles. The molecule has 0 aliphatic heterocycles. The first-order valence-corrected chi connectivity index (χ1v) is 6.10. The molecule has 5 N–H and O–H groups in total. The number of imide groups is 1. The van der Waals surface area contributed by atoms with Gasteiger partial charge < -0.3 is 11.5 Å². The summed E-state index contributed by atoms with van der Waals surface area (Å²) in [5, 5.41) is 0.718. The van der Waals surface area contributed by atoms with Crippen LogP contribution >= 0.6 is 0 Å². The van der Waals surface area contributed by atoms with Gasteiger partial charge in [-0.2, -0.15) is 0 Å². The van der Waals surface area contributed by atoms with Gasteiger partial charge in [0.25, 0.3) is 0 Å². The zero-order valence-electron chi connectivity index (χ0n) is 9.48. The molecule has 0 saturated heterocycles. The molecule has 0 aliphatic rings. The van der Waals surface area contributed by atoms with Gasteiger partial charge in [0.05, 0.1) is 15.7 Å². The number of anilines is 1. The van der Waals surface area contributed by atoms with Crippen LogP contribution in [0.1, 0.15) is 6.92 Å². The average Bonchev–Trinajstić information content (AvgIpc) is 2.29. The fourth-order valence-electron chi connectivity index (χ4n) is 1.19. The molecule has 0 saturated carbocycles. The summed E-state index contributed by atoms with van der Waals surface area (Å²) in [6, 6.07) is 2.31. The maximum Gasteiger partial charge on any atom is 0.318 e. The lowest BCUT2D eigenvalue weighted by molar-refractivity contribution is -0.119. The molecule has 2 unspecified atom stereocenters. The van der Waals surface area contributed by atoms with Gasteiger partial charge in [-0.3, -0.25) is 14.3 Å². The summed E-state index contributed by atoms with van der Waals surface area (Å²) >= 11 is 0. The highest BCUT2D eigenvalue weighted by atomic mass is 32.2. The number of nitrogen functional groups attached to an aromatic ring is 1. The Balaban J connectivity index is 2.96. The molecule has 0 spiro atoms. The van der Waals surface area contributed by atoms with Gasteiger partial charge in [-0.1, -0.05) is 0 Å². The van der Waals surface area contributed by atoms with Crippen LogP contribution in [0.4, 0.5) is 14.9 Å². The van der Waals surface area contributed by atoms with E-state index in [-0.39, 0.29) is 10.6 Å². The summed E-state index contributed by atoms with van der Waals surface area (Å²) in [6.07, 6.45) is 0. The quantitative estimate of drug-likeness (QED) is 0.677. The van der Waals surface area contributed by atoms with Gasteiger partial charge in [-0.05, 0) is 25.1 Å². The molecule has 0 aromatic heterocycles. The predicted octanol–water partition coefficient (Wildman–Crippen LogP) is 0.0989. The lowest BCUT2D eigenvalue weighted by Crippen LogP contribution is -2.42. The number of rotatable bonds is 3. The van der Waals surface area contributed by atoms with Crippen LogP contribution in [-0.4, -0.2) is 21.4 Å². The molecule has 1 aromatic rings. The van der Waals surface area contributed by atoms with Gasteiger partial charge in [0, 0.05) is 5.69 Å². The van der Waals surface area contributed by atoms with E-state index in [1.165, 1.54) is 13.0 Å². The van der Waals surface area contributed by atoms with Crippen LogP contribution < -0.4 is 16.8 Å². The van der Waals surface area contributed by atoms with E-state index in [1.807, 2.05) is 0 Å². The fraction of sp³-hybridized carbons (Fsp3) is 0.200. The smallest absolute Gasteiger partial charge is 0.318 e. The molecular formula is C10H12FN3O3S. The molecular weight excluding hydrogens is 261 g/mol. The molecule has 1 rings (SSSR count). The molecule has 0 bridgehead atoms. The number of hydrogen-bond donors (Lipinski definition) is 3. The first-order chi connectivity index (χ1) is 8.32. The van der Waals surface area contributed by atoms with Crippen molar-refractivity contribution in [3.05, 3.63) is 24.0 Å².